The number of nitrogens with one attached hydrogen (secondary N) is 1. The normalized spacial score (nSPS) is 11.6. The Hall–Kier alpha value is -2.82. The largest absolute Gasteiger partial charge is 0.508 e. The third-order valence-electron chi connectivity index (χ3n) is 3.60. The maximum absolute atomic E-state index is 12.2. The van der Waals surface area contributed by atoms with Crippen molar-refractivity contribution in [1.29, 1.82) is 0 Å². The zero-order valence-corrected chi connectivity index (χ0v) is 14.0. The number of amides is 1. The Balaban J connectivity index is 1.90. The molecule has 0 aliphatic carbocycles. The number of phenolic OH excluding ortho intramolecular Hbond substituents is 1. The molecule has 0 heterocycles. The van der Waals surface area contributed by atoms with Gasteiger partial charge in [0.25, 0.3) is 5.91 Å². The van der Waals surface area contributed by atoms with Crippen molar-refractivity contribution in [3.63, 3.8) is 0 Å². The van der Waals surface area contributed by atoms with Gasteiger partial charge in [-0.05, 0) is 50.1 Å². The number of phenols is 1. The summed E-state index contributed by atoms with van der Waals surface area (Å²) in [5.41, 5.74) is 3.47. The Morgan fingerprint density at radius 1 is 1.12 bits per heavy atom. The number of benzene rings is 2. The van der Waals surface area contributed by atoms with E-state index in [1.165, 1.54) is 19.1 Å². The number of esters is 1. The van der Waals surface area contributed by atoms with E-state index in [4.69, 9.17) is 4.74 Å². The molecule has 2 aromatic carbocycles. The van der Waals surface area contributed by atoms with E-state index in [9.17, 15) is 14.7 Å². The molecular formula is C19H21NO4. The second-order valence-corrected chi connectivity index (χ2v) is 5.78. The lowest BCUT2D eigenvalue weighted by Gasteiger charge is -2.15. The lowest BCUT2D eigenvalue weighted by atomic mass is 10.1. The van der Waals surface area contributed by atoms with Gasteiger partial charge in [0.15, 0.2) is 6.10 Å². The average molecular weight is 327 g/mol. The van der Waals surface area contributed by atoms with Gasteiger partial charge in [-0.2, -0.15) is 0 Å². The van der Waals surface area contributed by atoms with Crippen molar-refractivity contribution in [3.05, 3.63) is 59.2 Å². The Morgan fingerprint density at radius 2 is 1.79 bits per heavy atom. The second kappa shape index (κ2) is 7.64. The van der Waals surface area contributed by atoms with Gasteiger partial charge in [0.2, 0.25) is 0 Å². The van der Waals surface area contributed by atoms with E-state index < -0.39 is 12.1 Å². The van der Waals surface area contributed by atoms with Gasteiger partial charge < -0.3 is 15.2 Å². The number of carbonyl (C=O) groups excluding carboxylic acids is 2. The quantitative estimate of drug-likeness (QED) is 0.827. The Bertz CT molecular complexity index is 738. The van der Waals surface area contributed by atoms with Gasteiger partial charge in [-0.3, -0.25) is 9.59 Å². The molecule has 0 unspecified atom stereocenters. The Labute approximate surface area is 141 Å². The molecule has 0 aliphatic heterocycles. The molecule has 0 radical (unpaired) electrons. The molecule has 5 nitrogen and oxygen atoms in total. The highest BCUT2D eigenvalue weighted by molar-refractivity contribution is 5.95. The Morgan fingerprint density at radius 3 is 2.42 bits per heavy atom. The molecule has 1 atom stereocenters. The summed E-state index contributed by atoms with van der Waals surface area (Å²) in [7, 11) is 0. The fourth-order valence-electron chi connectivity index (χ4n) is 2.26. The van der Waals surface area contributed by atoms with Gasteiger partial charge in [0, 0.05) is 5.69 Å². The SMILES string of the molecule is Cc1ccc(NC(=O)[C@H](C)OC(=O)Cc2ccc(O)cc2)c(C)c1. The number of aromatic hydroxyl groups is 1. The molecular weight excluding hydrogens is 306 g/mol. The summed E-state index contributed by atoms with van der Waals surface area (Å²) in [6.07, 6.45) is -0.850. The predicted molar refractivity (Wildman–Crippen MR) is 91.9 cm³/mol. The van der Waals surface area contributed by atoms with E-state index in [-0.39, 0.29) is 18.1 Å². The summed E-state index contributed by atoms with van der Waals surface area (Å²) < 4.78 is 5.17. The lowest BCUT2D eigenvalue weighted by molar-refractivity contribution is -0.152. The zero-order chi connectivity index (χ0) is 17.7. The molecule has 24 heavy (non-hydrogen) atoms. The molecule has 0 spiro atoms. The van der Waals surface area contributed by atoms with E-state index in [1.54, 1.807) is 12.1 Å². The van der Waals surface area contributed by atoms with Crippen LogP contribution in [0.3, 0.4) is 0 Å². The molecule has 2 aromatic rings. The maximum Gasteiger partial charge on any atom is 0.311 e. The number of hydrogen-bond donors (Lipinski definition) is 2. The van der Waals surface area contributed by atoms with Crippen LogP contribution in [-0.2, 0) is 20.7 Å². The van der Waals surface area contributed by atoms with Crippen LogP contribution < -0.4 is 5.32 Å². The first-order valence-corrected chi connectivity index (χ1v) is 7.70. The number of hydrogen-bond acceptors (Lipinski definition) is 4. The first kappa shape index (κ1) is 17.5. The van der Waals surface area contributed by atoms with Crippen LogP contribution in [0.1, 0.15) is 23.6 Å². The highest BCUT2D eigenvalue weighted by Gasteiger charge is 2.18. The van der Waals surface area contributed by atoms with Gasteiger partial charge in [-0.1, -0.05) is 29.8 Å². The van der Waals surface area contributed by atoms with E-state index in [0.29, 0.717) is 11.3 Å². The molecule has 1 amide bonds. The summed E-state index contributed by atoms with van der Waals surface area (Å²) in [6.45, 7) is 5.42. The monoisotopic (exact) mass is 327 g/mol. The average Bonchev–Trinajstić information content (AvgIpc) is 2.52. The third kappa shape index (κ3) is 4.84. The summed E-state index contributed by atoms with van der Waals surface area (Å²) in [5.74, 6) is -0.738. The smallest absolute Gasteiger partial charge is 0.311 e. The molecule has 126 valence electrons. The van der Waals surface area contributed by atoms with Crippen LogP contribution in [0.4, 0.5) is 5.69 Å². The Kier molecular flexibility index (Phi) is 5.58. The molecule has 2 rings (SSSR count). The van der Waals surface area contributed by atoms with Crippen molar-refractivity contribution in [3.8, 4) is 5.75 Å². The number of carbonyl (C=O) groups is 2. The maximum atomic E-state index is 12.2. The minimum Gasteiger partial charge on any atom is -0.508 e. The third-order valence-corrected chi connectivity index (χ3v) is 3.60. The molecule has 5 heteroatoms. The van der Waals surface area contributed by atoms with Gasteiger partial charge >= 0.3 is 5.97 Å². The fraction of sp³-hybridized carbons (Fsp3) is 0.263. The van der Waals surface area contributed by atoms with Crippen molar-refractivity contribution in [1.82, 2.24) is 0 Å². The summed E-state index contributed by atoms with van der Waals surface area (Å²) >= 11 is 0. The molecule has 0 fully saturated rings. The highest BCUT2D eigenvalue weighted by atomic mass is 16.5. The van der Waals surface area contributed by atoms with Crippen LogP contribution in [0.15, 0.2) is 42.5 Å². The molecule has 2 N–H and O–H groups in total. The van der Waals surface area contributed by atoms with Crippen LogP contribution in [-0.4, -0.2) is 23.1 Å². The summed E-state index contributed by atoms with van der Waals surface area (Å²) in [4.78, 5) is 24.1. The van der Waals surface area contributed by atoms with Gasteiger partial charge in [-0.15, -0.1) is 0 Å². The van der Waals surface area contributed by atoms with E-state index >= 15 is 0 Å². The standard InChI is InChI=1S/C19H21NO4/c1-12-4-9-17(13(2)10-12)20-19(23)14(3)24-18(22)11-15-5-7-16(21)8-6-15/h4-10,14,21H,11H2,1-3H3,(H,20,23)/t14-/m0/s1. The minimum absolute atomic E-state index is 0.0431. The number of rotatable bonds is 5. The molecule has 0 aliphatic rings. The van der Waals surface area contributed by atoms with Crippen molar-refractivity contribution in [2.24, 2.45) is 0 Å². The lowest BCUT2D eigenvalue weighted by Crippen LogP contribution is -2.30. The zero-order valence-electron chi connectivity index (χ0n) is 14.0. The minimum atomic E-state index is -0.893. The first-order chi connectivity index (χ1) is 11.3. The van der Waals surface area contributed by atoms with Gasteiger partial charge in [0.1, 0.15) is 5.75 Å². The molecule has 0 bridgehead atoms. The predicted octanol–water partition coefficient (Wildman–Crippen LogP) is 3.12. The van der Waals surface area contributed by atoms with Crippen molar-refractivity contribution >= 4 is 17.6 Å². The van der Waals surface area contributed by atoms with Gasteiger partial charge in [-0.25, -0.2) is 0 Å². The summed E-state index contributed by atoms with van der Waals surface area (Å²) in [6, 6.07) is 12.0. The van der Waals surface area contributed by atoms with E-state index in [1.807, 2.05) is 32.0 Å². The van der Waals surface area contributed by atoms with Gasteiger partial charge in [0.05, 0.1) is 6.42 Å². The number of anilines is 1. The van der Waals surface area contributed by atoms with Crippen molar-refractivity contribution in [2.45, 2.75) is 33.3 Å². The van der Waals surface area contributed by atoms with Crippen LogP contribution in [0.25, 0.3) is 0 Å². The highest BCUT2D eigenvalue weighted by Crippen LogP contribution is 2.17. The van der Waals surface area contributed by atoms with Crippen LogP contribution >= 0.6 is 0 Å². The molecule has 0 saturated carbocycles. The van der Waals surface area contributed by atoms with Crippen LogP contribution in [0, 0.1) is 13.8 Å². The van der Waals surface area contributed by atoms with E-state index in [2.05, 4.69) is 5.32 Å². The number of ether oxygens (including phenoxy) is 1. The fourth-order valence-corrected chi connectivity index (χ4v) is 2.26. The van der Waals surface area contributed by atoms with Crippen molar-refractivity contribution < 1.29 is 19.4 Å². The second-order valence-electron chi connectivity index (χ2n) is 5.78. The topological polar surface area (TPSA) is 75.6 Å². The van der Waals surface area contributed by atoms with E-state index in [0.717, 1.165) is 11.1 Å². The number of aryl methyl sites for hydroxylation is 2. The van der Waals surface area contributed by atoms with Crippen LogP contribution in [0.5, 0.6) is 5.75 Å². The summed E-state index contributed by atoms with van der Waals surface area (Å²) in [5, 5.41) is 12.0. The van der Waals surface area contributed by atoms with Crippen molar-refractivity contribution in [2.75, 3.05) is 5.32 Å². The van der Waals surface area contributed by atoms with Crippen LogP contribution in [0.2, 0.25) is 0 Å². The molecule has 0 aromatic heterocycles. The first-order valence-electron chi connectivity index (χ1n) is 7.70. The molecule has 0 saturated heterocycles.